The van der Waals surface area contributed by atoms with Crippen LogP contribution >= 0.6 is 15.9 Å². The SMILES string of the molecule is Fc1cccc(-c2n[nH]c(-c3ccccc3)c2Br)c1. The molecule has 3 rings (SSSR count). The van der Waals surface area contributed by atoms with E-state index in [9.17, 15) is 4.39 Å². The predicted octanol–water partition coefficient (Wildman–Crippen LogP) is 4.65. The van der Waals surface area contributed by atoms with Crippen molar-refractivity contribution in [1.29, 1.82) is 0 Å². The van der Waals surface area contributed by atoms with Gasteiger partial charge in [-0.3, -0.25) is 5.10 Å². The van der Waals surface area contributed by atoms with Gasteiger partial charge in [0.2, 0.25) is 0 Å². The van der Waals surface area contributed by atoms with E-state index in [1.165, 1.54) is 12.1 Å². The Morgan fingerprint density at radius 1 is 0.947 bits per heavy atom. The fourth-order valence-electron chi connectivity index (χ4n) is 1.95. The molecule has 94 valence electrons. The molecule has 1 aromatic heterocycles. The Kier molecular flexibility index (Phi) is 3.17. The highest BCUT2D eigenvalue weighted by Gasteiger charge is 2.13. The molecule has 0 saturated carbocycles. The quantitative estimate of drug-likeness (QED) is 0.732. The van der Waals surface area contributed by atoms with E-state index in [1.807, 2.05) is 36.4 Å². The summed E-state index contributed by atoms with van der Waals surface area (Å²) >= 11 is 3.53. The number of nitrogens with one attached hydrogen (secondary N) is 1. The number of benzene rings is 2. The third-order valence-electron chi connectivity index (χ3n) is 2.87. The number of rotatable bonds is 2. The van der Waals surface area contributed by atoms with Gasteiger partial charge in [0, 0.05) is 11.1 Å². The van der Waals surface area contributed by atoms with Crippen molar-refractivity contribution in [1.82, 2.24) is 10.2 Å². The first-order valence-corrected chi connectivity index (χ1v) is 6.60. The van der Waals surface area contributed by atoms with Crippen LogP contribution in [0.2, 0.25) is 0 Å². The first-order valence-electron chi connectivity index (χ1n) is 5.81. The maximum Gasteiger partial charge on any atom is 0.123 e. The van der Waals surface area contributed by atoms with Gasteiger partial charge >= 0.3 is 0 Å². The summed E-state index contributed by atoms with van der Waals surface area (Å²) in [5.41, 5.74) is 3.37. The van der Waals surface area contributed by atoms with Crippen molar-refractivity contribution in [3.8, 4) is 22.5 Å². The molecule has 0 fully saturated rings. The molecule has 1 N–H and O–H groups in total. The summed E-state index contributed by atoms with van der Waals surface area (Å²) < 4.78 is 14.1. The van der Waals surface area contributed by atoms with E-state index in [0.29, 0.717) is 5.69 Å². The Morgan fingerprint density at radius 3 is 2.42 bits per heavy atom. The van der Waals surface area contributed by atoms with Crippen molar-refractivity contribution in [2.24, 2.45) is 0 Å². The topological polar surface area (TPSA) is 28.7 Å². The molecule has 0 aliphatic rings. The Labute approximate surface area is 118 Å². The average Bonchev–Trinajstić information content (AvgIpc) is 2.81. The second-order valence-electron chi connectivity index (χ2n) is 4.14. The lowest BCUT2D eigenvalue weighted by Crippen LogP contribution is -1.80. The van der Waals surface area contributed by atoms with Crippen molar-refractivity contribution in [3.63, 3.8) is 0 Å². The predicted molar refractivity (Wildman–Crippen MR) is 77.1 cm³/mol. The summed E-state index contributed by atoms with van der Waals surface area (Å²) in [7, 11) is 0. The second-order valence-corrected chi connectivity index (χ2v) is 4.93. The van der Waals surface area contributed by atoms with Gasteiger partial charge in [-0.15, -0.1) is 0 Å². The van der Waals surface area contributed by atoms with Crippen LogP contribution in [0.15, 0.2) is 59.1 Å². The molecule has 0 bridgehead atoms. The molecule has 0 aliphatic heterocycles. The van der Waals surface area contributed by atoms with Crippen molar-refractivity contribution in [2.75, 3.05) is 0 Å². The van der Waals surface area contributed by atoms with Crippen LogP contribution in [-0.2, 0) is 0 Å². The number of halogens is 2. The van der Waals surface area contributed by atoms with Gasteiger partial charge in [0.15, 0.2) is 0 Å². The molecule has 0 unspecified atom stereocenters. The monoisotopic (exact) mass is 316 g/mol. The highest BCUT2D eigenvalue weighted by atomic mass is 79.9. The molecule has 2 aromatic carbocycles. The standard InChI is InChI=1S/C15H10BrFN2/c16-13-14(10-5-2-1-3-6-10)18-19-15(13)11-7-4-8-12(17)9-11/h1-9H,(H,18,19). The molecule has 0 amide bonds. The van der Waals surface area contributed by atoms with Gasteiger partial charge < -0.3 is 0 Å². The van der Waals surface area contributed by atoms with Crippen LogP contribution in [0.1, 0.15) is 0 Å². The fourth-order valence-corrected chi connectivity index (χ4v) is 2.59. The van der Waals surface area contributed by atoms with Crippen LogP contribution in [-0.4, -0.2) is 10.2 Å². The van der Waals surface area contributed by atoms with Crippen molar-refractivity contribution in [3.05, 3.63) is 64.9 Å². The molecule has 4 heteroatoms. The Bertz CT molecular complexity index is 707. The van der Waals surface area contributed by atoms with E-state index in [4.69, 9.17) is 0 Å². The number of aromatic nitrogens is 2. The molecular formula is C15H10BrFN2. The van der Waals surface area contributed by atoms with Crippen molar-refractivity contribution < 1.29 is 4.39 Å². The van der Waals surface area contributed by atoms with Crippen LogP contribution in [0, 0.1) is 5.82 Å². The van der Waals surface area contributed by atoms with Crippen LogP contribution in [0.5, 0.6) is 0 Å². The van der Waals surface area contributed by atoms with E-state index in [-0.39, 0.29) is 5.82 Å². The summed E-state index contributed by atoms with van der Waals surface area (Å²) in [4.78, 5) is 0. The molecule has 0 saturated heterocycles. The van der Waals surface area contributed by atoms with Gasteiger partial charge in [-0.2, -0.15) is 5.10 Å². The van der Waals surface area contributed by atoms with E-state index >= 15 is 0 Å². The third-order valence-corrected chi connectivity index (χ3v) is 3.64. The molecule has 3 aromatic rings. The number of H-pyrrole nitrogens is 1. The summed E-state index contributed by atoms with van der Waals surface area (Å²) in [6, 6.07) is 16.3. The van der Waals surface area contributed by atoms with Crippen LogP contribution in [0.25, 0.3) is 22.5 Å². The minimum atomic E-state index is -0.270. The Morgan fingerprint density at radius 2 is 1.68 bits per heavy atom. The van der Waals surface area contributed by atoms with Crippen LogP contribution in [0.3, 0.4) is 0 Å². The highest BCUT2D eigenvalue weighted by molar-refractivity contribution is 9.10. The summed E-state index contributed by atoms with van der Waals surface area (Å²) in [6.07, 6.45) is 0. The summed E-state index contributed by atoms with van der Waals surface area (Å²) in [5, 5.41) is 7.25. The van der Waals surface area contributed by atoms with E-state index in [2.05, 4.69) is 26.1 Å². The van der Waals surface area contributed by atoms with Crippen molar-refractivity contribution >= 4 is 15.9 Å². The molecule has 0 radical (unpaired) electrons. The number of hydrogen-bond donors (Lipinski definition) is 1. The van der Waals surface area contributed by atoms with E-state index in [1.54, 1.807) is 6.07 Å². The fraction of sp³-hybridized carbons (Fsp3) is 0. The van der Waals surface area contributed by atoms with Gasteiger partial charge in [0.25, 0.3) is 0 Å². The molecule has 1 heterocycles. The summed E-state index contributed by atoms with van der Waals surface area (Å²) in [5.74, 6) is -0.270. The van der Waals surface area contributed by atoms with Gasteiger partial charge in [0.05, 0.1) is 10.2 Å². The molecular weight excluding hydrogens is 307 g/mol. The molecule has 0 spiro atoms. The highest BCUT2D eigenvalue weighted by Crippen LogP contribution is 2.34. The molecule has 0 atom stereocenters. The van der Waals surface area contributed by atoms with Gasteiger partial charge in [-0.1, -0.05) is 42.5 Å². The number of hydrogen-bond acceptors (Lipinski definition) is 1. The number of aromatic amines is 1. The van der Waals surface area contributed by atoms with E-state index < -0.39 is 0 Å². The molecule has 19 heavy (non-hydrogen) atoms. The van der Waals surface area contributed by atoms with Crippen LogP contribution in [0.4, 0.5) is 4.39 Å². The lowest BCUT2D eigenvalue weighted by atomic mass is 10.1. The summed E-state index contributed by atoms with van der Waals surface area (Å²) in [6.45, 7) is 0. The third kappa shape index (κ3) is 2.31. The van der Waals surface area contributed by atoms with E-state index in [0.717, 1.165) is 21.3 Å². The Hall–Kier alpha value is -1.94. The van der Waals surface area contributed by atoms with Gasteiger partial charge in [0.1, 0.15) is 11.5 Å². The van der Waals surface area contributed by atoms with Gasteiger partial charge in [-0.25, -0.2) is 4.39 Å². The second kappa shape index (κ2) is 4.97. The maximum atomic E-state index is 13.3. The average molecular weight is 317 g/mol. The largest absolute Gasteiger partial charge is 0.276 e. The zero-order valence-electron chi connectivity index (χ0n) is 9.90. The smallest absolute Gasteiger partial charge is 0.123 e. The first-order chi connectivity index (χ1) is 9.25. The minimum absolute atomic E-state index is 0.270. The van der Waals surface area contributed by atoms with Crippen molar-refractivity contribution in [2.45, 2.75) is 0 Å². The Balaban J connectivity index is 2.09. The normalized spacial score (nSPS) is 10.6. The number of nitrogens with zero attached hydrogens (tertiary/aromatic N) is 1. The lowest BCUT2D eigenvalue weighted by molar-refractivity contribution is 0.628. The van der Waals surface area contributed by atoms with Gasteiger partial charge in [-0.05, 0) is 28.1 Å². The first kappa shape index (κ1) is 12.1. The van der Waals surface area contributed by atoms with Crippen LogP contribution < -0.4 is 0 Å². The maximum absolute atomic E-state index is 13.3. The zero-order valence-corrected chi connectivity index (χ0v) is 11.5. The lowest BCUT2D eigenvalue weighted by Gasteiger charge is -2.00. The molecule has 0 aliphatic carbocycles. The molecule has 2 nitrogen and oxygen atoms in total. The minimum Gasteiger partial charge on any atom is -0.276 e. The zero-order chi connectivity index (χ0) is 13.2.